The number of rotatable bonds is 10. The summed E-state index contributed by atoms with van der Waals surface area (Å²) in [4.78, 5) is 17.1. The van der Waals surface area contributed by atoms with E-state index in [1.807, 2.05) is 7.05 Å². The Morgan fingerprint density at radius 3 is 2.42 bits per heavy atom. The highest BCUT2D eigenvalue weighted by Gasteiger charge is 2.22. The average Bonchev–Trinajstić information content (AvgIpc) is 3.25. The number of nitrogens with one attached hydrogen (secondary N) is 2. The van der Waals surface area contributed by atoms with E-state index in [-0.39, 0.29) is 6.54 Å². The van der Waals surface area contributed by atoms with Gasteiger partial charge in [0.05, 0.1) is 14.2 Å². The molecule has 2 N–H and O–H groups in total. The molecule has 2 aromatic carbocycles. The molecule has 0 radical (unpaired) electrons. The van der Waals surface area contributed by atoms with Gasteiger partial charge in [-0.15, -0.1) is 0 Å². The summed E-state index contributed by atoms with van der Waals surface area (Å²) in [7, 11) is 4.93. The summed E-state index contributed by atoms with van der Waals surface area (Å²) in [6.07, 6.45) is 0.866. The van der Waals surface area contributed by atoms with E-state index in [4.69, 9.17) is 14.2 Å². The molecule has 1 aromatic heterocycles. The zero-order valence-corrected chi connectivity index (χ0v) is 18.5. The van der Waals surface area contributed by atoms with E-state index in [9.17, 15) is 13.6 Å². The summed E-state index contributed by atoms with van der Waals surface area (Å²) < 4.78 is 42.3. The first-order valence-corrected chi connectivity index (χ1v) is 10.1. The number of aromatic nitrogens is 2. The molecule has 0 bridgehead atoms. The SMILES string of the molecule is COc1cc(OC)cc(C(NC(=O)NCc2cccc(OCC(F)F)c2)c2nccn2C)c1. The minimum Gasteiger partial charge on any atom is -0.497 e. The topological polar surface area (TPSA) is 86.6 Å². The molecule has 176 valence electrons. The number of hydrogen-bond acceptors (Lipinski definition) is 5. The second-order valence-corrected chi connectivity index (χ2v) is 7.15. The van der Waals surface area contributed by atoms with Gasteiger partial charge in [-0.2, -0.15) is 0 Å². The largest absolute Gasteiger partial charge is 0.497 e. The molecule has 0 fully saturated rings. The van der Waals surface area contributed by atoms with Crippen LogP contribution in [-0.4, -0.2) is 42.8 Å². The van der Waals surface area contributed by atoms with E-state index in [1.54, 1.807) is 73.6 Å². The third kappa shape index (κ3) is 6.58. The zero-order chi connectivity index (χ0) is 23.8. The van der Waals surface area contributed by atoms with E-state index in [1.165, 1.54) is 0 Å². The van der Waals surface area contributed by atoms with Gasteiger partial charge in [0.1, 0.15) is 35.7 Å². The van der Waals surface area contributed by atoms with Gasteiger partial charge in [-0.3, -0.25) is 0 Å². The normalized spacial score (nSPS) is 11.7. The first kappa shape index (κ1) is 23.8. The number of ether oxygens (including phenoxy) is 3. The molecule has 2 amide bonds. The number of halogens is 2. The fourth-order valence-corrected chi connectivity index (χ4v) is 3.22. The summed E-state index contributed by atoms with van der Waals surface area (Å²) in [5.74, 6) is 2.07. The van der Waals surface area contributed by atoms with Crippen LogP contribution in [0.25, 0.3) is 0 Å². The molecule has 10 heteroatoms. The van der Waals surface area contributed by atoms with Gasteiger partial charge in [0, 0.05) is 32.1 Å². The smallest absolute Gasteiger partial charge is 0.315 e. The number of nitrogens with zero attached hydrogens (tertiary/aromatic N) is 2. The molecular formula is C23H26F2N4O4. The number of carbonyl (C=O) groups is 1. The quantitative estimate of drug-likeness (QED) is 0.482. The summed E-state index contributed by atoms with van der Waals surface area (Å²) in [6, 6.07) is 10.9. The van der Waals surface area contributed by atoms with Gasteiger partial charge in [-0.1, -0.05) is 12.1 Å². The minimum atomic E-state index is -2.56. The Kier molecular flexibility index (Phi) is 8.06. The molecule has 1 atom stereocenters. The van der Waals surface area contributed by atoms with Crippen molar-refractivity contribution in [2.24, 2.45) is 7.05 Å². The maximum absolute atomic E-state index is 12.8. The summed E-state index contributed by atoms with van der Waals surface area (Å²) >= 11 is 0. The van der Waals surface area contributed by atoms with Crippen molar-refractivity contribution in [3.8, 4) is 17.2 Å². The molecule has 0 aliphatic heterocycles. The first-order chi connectivity index (χ1) is 15.9. The molecule has 0 aliphatic rings. The number of hydrogen-bond donors (Lipinski definition) is 2. The monoisotopic (exact) mass is 460 g/mol. The molecule has 3 aromatic rings. The standard InChI is InChI=1S/C23H26F2N4O4/c1-29-8-7-26-22(29)21(16-10-18(31-2)12-19(11-16)32-3)28-23(30)27-13-15-5-4-6-17(9-15)33-14-20(24)25/h4-12,20-21H,13-14H2,1-3H3,(H2,27,28,30). The molecule has 0 saturated carbocycles. The van der Waals surface area contributed by atoms with E-state index in [2.05, 4.69) is 15.6 Å². The Labute approximate surface area is 190 Å². The van der Waals surface area contributed by atoms with Gasteiger partial charge >= 0.3 is 6.03 Å². The fourth-order valence-electron chi connectivity index (χ4n) is 3.22. The number of urea groups is 1. The van der Waals surface area contributed by atoms with Crippen LogP contribution in [0.15, 0.2) is 54.9 Å². The summed E-state index contributed by atoms with van der Waals surface area (Å²) in [6.45, 7) is -0.515. The van der Waals surface area contributed by atoms with Gasteiger partial charge in [0.15, 0.2) is 0 Å². The van der Waals surface area contributed by atoms with Crippen LogP contribution < -0.4 is 24.8 Å². The summed E-state index contributed by atoms with van der Waals surface area (Å²) in [5, 5.41) is 5.71. The summed E-state index contributed by atoms with van der Waals surface area (Å²) in [5.41, 5.74) is 1.42. The number of carbonyl (C=O) groups excluding carboxylic acids is 1. The highest BCUT2D eigenvalue weighted by Crippen LogP contribution is 2.29. The van der Waals surface area contributed by atoms with Gasteiger partial charge < -0.3 is 29.4 Å². The minimum absolute atomic E-state index is 0.173. The van der Waals surface area contributed by atoms with Crippen LogP contribution in [0.1, 0.15) is 23.0 Å². The molecule has 3 rings (SSSR count). The maximum Gasteiger partial charge on any atom is 0.315 e. The Balaban J connectivity index is 1.74. The van der Waals surface area contributed by atoms with Crippen molar-refractivity contribution in [3.05, 3.63) is 71.8 Å². The van der Waals surface area contributed by atoms with E-state index < -0.39 is 25.1 Å². The van der Waals surface area contributed by atoms with Crippen LogP contribution in [0, 0.1) is 0 Å². The van der Waals surface area contributed by atoms with Crippen LogP contribution in [0.4, 0.5) is 13.6 Å². The van der Waals surface area contributed by atoms with Crippen LogP contribution in [-0.2, 0) is 13.6 Å². The molecule has 0 aliphatic carbocycles. The highest BCUT2D eigenvalue weighted by molar-refractivity contribution is 5.75. The number of benzene rings is 2. The molecule has 1 unspecified atom stereocenters. The zero-order valence-electron chi connectivity index (χ0n) is 18.5. The predicted molar refractivity (Wildman–Crippen MR) is 118 cm³/mol. The Morgan fingerprint density at radius 2 is 1.82 bits per heavy atom. The lowest BCUT2D eigenvalue weighted by Crippen LogP contribution is -2.39. The number of alkyl halides is 2. The number of aryl methyl sites for hydroxylation is 1. The van der Waals surface area contributed by atoms with Crippen LogP contribution in [0.3, 0.4) is 0 Å². The Hall–Kier alpha value is -3.82. The number of imidazole rings is 1. The van der Waals surface area contributed by atoms with Gasteiger partial charge in [0.2, 0.25) is 0 Å². The molecule has 33 heavy (non-hydrogen) atoms. The Bertz CT molecular complexity index is 1050. The van der Waals surface area contributed by atoms with E-state index >= 15 is 0 Å². The van der Waals surface area contributed by atoms with Crippen molar-refractivity contribution >= 4 is 6.03 Å². The van der Waals surface area contributed by atoms with Crippen LogP contribution in [0.5, 0.6) is 17.2 Å². The fraction of sp³-hybridized carbons (Fsp3) is 0.304. The van der Waals surface area contributed by atoms with Gasteiger partial charge in [0.25, 0.3) is 6.43 Å². The van der Waals surface area contributed by atoms with Crippen molar-refractivity contribution in [2.45, 2.75) is 19.0 Å². The van der Waals surface area contributed by atoms with Crippen molar-refractivity contribution in [1.29, 1.82) is 0 Å². The van der Waals surface area contributed by atoms with E-state index in [0.717, 1.165) is 5.56 Å². The molecular weight excluding hydrogens is 434 g/mol. The third-order valence-electron chi connectivity index (χ3n) is 4.83. The van der Waals surface area contributed by atoms with Crippen molar-refractivity contribution in [3.63, 3.8) is 0 Å². The average molecular weight is 460 g/mol. The lowest BCUT2D eigenvalue weighted by molar-refractivity contribution is 0.0818. The molecule has 0 spiro atoms. The number of methoxy groups -OCH3 is 2. The van der Waals surface area contributed by atoms with Crippen LogP contribution >= 0.6 is 0 Å². The third-order valence-corrected chi connectivity index (χ3v) is 4.83. The van der Waals surface area contributed by atoms with Crippen molar-refractivity contribution in [1.82, 2.24) is 20.2 Å². The second kappa shape index (κ2) is 11.2. The number of amides is 2. The molecule has 8 nitrogen and oxygen atoms in total. The van der Waals surface area contributed by atoms with Crippen molar-refractivity contribution < 1.29 is 27.8 Å². The first-order valence-electron chi connectivity index (χ1n) is 10.1. The van der Waals surface area contributed by atoms with Gasteiger partial charge in [-0.05, 0) is 35.4 Å². The maximum atomic E-state index is 12.8. The van der Waals surface area contributed by atoms with Crippen LogP contribution in [0.2, 0.25) is 0 Å². The second-order valence-electron chi connectivity index (χ2n) is 7.15. The van der Waals surface area contributed by atoms with Gasteiger partial charge in [-0.25, -0.2) is 18.6 Å². The van der Waals surface area contributed by atoms with Crippen molar-refractivity contribution in [2.75, 3.05) is 20.8 Å². The highest BCUT2D eigenvalue weighted by atomic mass is 19.3. The lowest BCUT2D eigenvalue weighted by Gasteiger charge is -2.21. The lowest BCUT2D eigenvalue weighted by atomic mass is 10.1. The predicted octanol–water partition coefficient (Wildman–Crippen LogP) is 3.67. The Morgan fingerprint density at radius 1 is 1.09 bits per heavy atom. The molecule has 0 saturated heterocycles. The van der Waals surface area contributed by atoms with E-state index in [0.29, 0.717) is 28.6 Å². The molecule has 1 heterocycles.